The average Bonchev–Trinajstić information content (AvgIpc) is 2.75. The highest BCUT2D eigenvalue weighted by Gasteiger charge is 2.38. The molecule has 7 N–H and O–H groups in total. The molecule has 0 fully saturated rings. The number of carboxylic acids is 1. The number of alkyl halides is 6. The number of aromatic nitrogens is 2. The van der Waals surface area contributed by atoms with Crippen LogP contribution in [0.4, 0.5) is 58.7 Å². The zero-order valence-corrected chi connectivity index (χ0v) is 17.6. The Bertz CT molecular complexity index is 1250. The Hall–Kier alpha value is -4.63. The molecule has 192 valence electrons. The van der Waals surface area contributed by atoms with Crippen molar-refractivity contribution in [1.82, 2.24) is 9.97 Å². The highest BCUT2D eigenvalue weighted by Crippen LogP contribution is 2.32. The van der Waals surface area contributed by atoms with Crippen molar-refractivity contribution in [2.24, 2.45) is 0 Å². The van der Waals surface area contributed by atoms with E-state index in [0.29, 0.717) is 35.0 Å². The first-order valence-corrected chi connectivity index (χ1v) is 9.31. The summed E-state index contributed by atoms with van der Waals surface area (Å²) in [6, 6.07) is 7.10. The third-order valence-electron chi connectivity index (χ3n) is 4.08. The van der Waals surface area contributed by atoms with E-state index in [-0.39, 0.29) is 11.8 Å². The van der Waals surface area contributed by atoms with Crippen LogP contribution in [0, 0.1) is 5.82 Å². The van der Waals surface area contributed by atoms with Gasteiger partial charge in [-0.2, -0.15) is 31.3 Å². The molecule has 0 saturated heterocycles. The first kappa shape index (κ1) is 27.6. The summed E-state index contributed by atoms with van der Waals surface area (Å²) in [6.07, 6.45) is -8.30. The lowest BCUT2D eigenvalue weighted by molar-refractivity contribution is -0.192. The molecule has 2 aromatic carbocycles. The molecule has 0 bridgehead atoms. The molecule has 0 unspecified atom stereocenters. The van der Waals surface area contributed by atoms with Crippen molar-refractivity contribution in [3.05, 3.63) is 60.0 Å². The second-order valence-electron chi connectivity index (χ2n) is 6.68. The number of carbonyl (C=O) groups excluding carboxylic acids is 1. The molecular weight excluding hydrogens is 505 g/mol. The first-order valence-electron chi connectivity index (χ1n) is 9.31. The number of amides is 2. The van der Waals surface area contributed by atoms with Crippen LogP contribution in [0.25, 0.3) is 11.1 Å². The van der Waals surface area contributed by atoms with Crippen LogP contribution in [0.5, 0.6) is 0 Å². The molecule has 3 rings (SSSR count). The smallest absolute Gasteiger partial charge is 0.475 e. The van der Waals surface area contributed by atoms with Gasteiger partial charge in [-0.25, -0.2) is 19.0 Å². The van der Waals surface area contributed by atoms with Crippen molar-refractivity contribution < 1.29 is 45.4 Å². The number of rotatable bonds is 3. The van der Waals surface area contributed by atoms with E-state index in [4.69, 9.17) is 21.4 Å². The molecule has 1 aromatic heterocycles. The van der Waals surface area contributed by atoms with Crippen LogP contribution in [0.2, 0.25) is 0 Å². The summed E-state index contributed by atoms with van der Waals surface area (Å²) in [5.41, 5.74) is 11.0. The van der Waals surface area contributed by atoms with E-state index in [1.54, 1.807) is 12.1 Å². The molecule has 0 aliphatic carbocycles. The van der Waals surface area contributed by atoms with Gasteiger partial charge in [0.1, 0.15) is 11.6 Å². The van der Waals surface area contributed by atoms with Gasteiger partial charge in [-0.1, -0.05) is 12.1 Å². The summed E-state index contributed by atoms with van der Waals surface area (Å²) >= 11 is 0. The van der Waals surface area contributed by atoms with Crippen molar-refractivity contribution in [3.63, 3.8) is 0 Å². The number of hydrogen-bond acceptors (Lipinski definition) is 6. The maximum Gasteiger partial charge on any atom is 0.490 e. The quantitative estimate of drug-likeness (QED) is 0.312. The number of nitrogen functional groups attached to an aromatic ring is 2. The molecule has 0 radical (unpaired) electrons. The molecule has 9 nitrogen and oxygen atoms in total. The van der Waals surface area contributed by atoms with Gasteiger partial charge in [0, 0.05) is 17.4 Å². The largest absolute Gasteiger partial charge is 0.490 e. The molecule has 0 saturated carbocycles. The van der Waals surface area contributed by atoms with Crippen molar-refractivity contribution in [2.75, 3.05) is 22.1 Å². The fraction of sp³-hybridized carbons (Fsp3) is 0.100. The Kier molecular flexibility index (Phi) is 8.24. The summed E-state index contributed by atoms with van der Waals surface area (Å²) in [5.74, 6) is -3.55. The minimum Gasteiger partial charge on any atom is -0.475 e. The summed E-state index contributed by atoms with van der Waals surface area (Å²) in [5, 5.41) is 11.6. The Morgan fingerprint density at radius 1 is 0.917 bits per heavy atom. The third-order valence-corrected chi connectivity index (χ3v) is 4.08. The van der Waals surface area contributed by atoms with Crippen molar-refractivity contribution in [1.29, 1.82) is 0 Å². The number of carboxylic acid groups (broad SMARTS) is 1. The van der Waals surface area contributed by atoms with Gasteiger partial charge in [-0.3, -0.25) is 0 Å². The highest BCUT2D eigenvalue weighted by molar-refractivity contribution is 6.00. The van der Waals surface area contributed by atoms with E-state index in [1.807, 2.05) is 0 Å². The number of urea groups is 1. The number of halogens is 7. The lowest BCUT2D eigenvalue weighted by atomic mass is 10.1. The molecule has 1 heterocycles. The number of hydrogen-bond donors (Lipinski definition) is 5. The molecule has 0 atom stereocenters. The maximum absolute atomic E-state index is 13.7. The van der Waals surface area contributed by atoms with E-state index in [2.05, 4.69) is 20.6 Å². The second-order valence-corrected chi connectivity index (χ2v) is 6.68. The molecular formula is C20H15F7N6O3. The Labute approximate surface area is 197 Å². The molecule has 2 amide bonds. The van der Waals surface area contributed by atoms with Crippen molar-refractivity contribution in [2.45, 2.75) is 12.4 Å². The minimum absolute atomic E-state index is 0.0306. The standard InChI is InChI=1S/C18H14F4N6O.C2HF3O2/c19-13-6-3-10(18(20,21)22)7-14(13)27-17(29)26-11-4-1-9(2-5-11)12-8-25-16(24)28-15(12)23;3-2(4,5)1(6)7/h1-8H,(H2,26,27,29)(H4,23,24,25,28);(H,6,7). The summed E-state index contributed by atoms with van der Waals surface area (Å²) in [6.45, 7) is 0. The van der Waals surface area contributed by atoms with Crippen LogP contribution < -0.4 is 22.1 Å². The van der Waals surface area contributed by atoms with Gasteiger partial charge in [-0.05, 0) is 35.9 Å². The highest BCUT2D eigenvalue weighted by atomic mass is 19.4. The van der Waals surface area contributed by atoms with Gasteiger partial charge in [0.2, 0.25) is 5.95 Å². The lowest BCUT2D eigenvalue weighted by Gasteiger charge is -2.12. The van der Waals surface area contributed by atoms with Gasteiger partial charge < -0.3 is 27.2 Å². The van der Waals surface area contributed by atoms with Gasteiger partial charge in [0.05, 0.1) is 11.3 Å². The number of nitrogens with one attached hydrogen (secondary N) is 2. The molecule has 0 aliphatic heterocycles. The molecule has 3 aromatic rings. The zero-order valence-electron chi connectivity index (χ0n) is 17.6. The van der Waals surface area contributed by atoms with Crippen LogP contribution in [-0.2, 0) is 11.0 Å². The van der Waals surface area contributed by atoms with Crippen LogP contribution in [-0.4, -0.2) is 33.3 Å². The van der Waals surface area contributed by atoms with E-state index < -0.39 is 41.4 Å². The fourth-order valence-corrected chi connectivity index (χ4v) is 2.45. The van der Waals surface area contributed by atoms with Crippen LogP contribution in [0.3, 0.4) is 0 Å². The third kappa shape index (κ3) is 7.71. The molecule has 16 heteroatoms. The Morgan fingerprint density at radius 2 is 1.50 bits per heavy atom. The Balaban J connectivity index is 0.000000572. The average molecular weight is 520 g/mol. The number of anilines is 4. The number of aliphatic carboxylic acids is 1. The van der Waals surface area contributed by atoms with Crippen LogP contribution in [0.15, 0.2) is 48.7 Å². The molecule has 36 heavy (non-hydrogen) atoms. The predicted octanol–water partition coefficient (Wildman–Crippen LogP) is 4.74. The van der Waals surface area contributed by atoms with Gasteiger partial charge >= 0.3 is 24.4 Å². The van der Waals surface area contributed by atoms with Crippen LogP contribution in [0.1, 0.15) is 5.56 Å². The van der Waals surface area contributed by atoms with E-state index in [1.165, 1.54) is 18.3 Å². The monoisotopic (exact) mass is 520 g/mol. The molecule has 0 spiro atoms. The first-order chi connectivity index (χ1) is 16.6. The topological polar surface area (TPSA) is 156 Å². The van der Waals surface area contributed by atoms with Crippen molar-refractivity contribution >= 4 is 35.1 Å². The Morgan fingerprint density at radius 3 is 2.00 bits per heavy atom. The van der Waals surface area contributed by atoms with E-state index in [0.717, 1.165) is 0 Å². The van der Waals surface area contributed by atoms with Gasteiger partial charge in [-0.15, -0.1) is 0 Å². The fourth-order valence-electron chi connectivity index (χ4n) is 2.45. The summed E-state index contributed by atoms with van der Waals surface area (Å²) in [7, 11) is 0. The maximum atomic E-state index is 13.7. The van der Waals surface area contributed by atoms with Gasteiger partial charge in [0.25, 0.3) is 0 Å². The predicted molar refractivity (Wildman–Crippen MR) is 114 cm³/mol. The number of nitrogens with two attached hydrogens (primary N) is 2. The number of carbonyl (C=O) groups is 2. The summed E-state index contributed by atoms with van der Waals surface area (Å²) in [4.78, 5) is 28.6. The van der Waals surface area contributed by atoms with E-state index in [9.17, 15) is 35.5 Å². The second kappa shape index (κ2) is 10.7. The molecule has 0 aliphatic rings. The van der Waals surface area contributed by atoms with Crippen LogP contribution >= 0.6 is 0 Å². The SMILES string of the molecule is Nc1ncc(-c2ccc(NC(=O)Nc3cc(C(F)(F)F)ccc3F)cc2)c(N)n1.O=C(O)C(F)(F)F. The minimum atomic E-state index is -5.08. The van der Waals surface area contributed by atoms with Crippen molar-refractivity contribution in [3.8, 4) is 11.1 Å². The lowest BCUT2D eigenvalue weighted by Crippen LogP contribution is -2.21. The zero-order chi connectivity index (χ0) is 27.3. The number of nitrogens with zero attached hydrogens (tertiary/aromatic N) is 2. The van der Waals surface area contributed by atoms with E-state index >= 15 is 0 Å². The number of benzene rings is 2. The normalized spacial score (nSPS) is 11.2. The van der Waals surface area contributed by atoms with Gasteiger partial charge in [0.15, 0.2) is 0 Å². The summed E-state index contributed by atoms with van der Waals surface area (Å²) < 4.78 is 83.7.